The second kappa shape index (κ2) is 10.4. The maximum absolute atomic E-state index is 13.4. The lowest BCUT2D eigenvalue weighted by atomic mass is 9.91. The van der Waals surface area contributed by atoms with Crippen molar-refractivity contribution < 1.29 is 4.39 Å². The van der Waals surface area contributed by atoms with Crippen molar-refractivity contribution in [3.05, 3.63) is 29.7 Å². The van der Waals surface area contributed by atoms with Crippen LogP contribution < -0.4 is 10.0 Å². The minimum Gasteiger partial charge on any atom is -0.317 e. The summed E-state index contributed by atoms with van der Waals surface area (Å²) in [6, 6.07) is 4.39. The van der Waals surface area contributed by atoms with Gasteiger partial charge in [-0.05, 0) is 81.1 Å². The molecule has 2 aromatic heterocycles. The molecular formula is C24H32FN7S2. The lowest BCUT2D eigenvalue weighted by molar-refractivity contribution is 0.402. The van der Waals surface area contributed by atoms with E-state index in [1.165, 1.54) is 11.9 Å². The van der Waals surface area contributed by atoms with Gasteiger partial charge in [0.1, 0.15) is 22.8 Å². The summed E-state index contributed by atoms with van der Waals surface area (Å²) in [5, 5.41) is 30.2. The Morgan fingerprint density at radius 2 is 2.00 bits per heavy atom. The van der Waals surface area contributed by atoms with Crippen molar-refractivity contribution in [2.75, 3.05) is 19.8 Å². The van der Waals surface area contributed by atoms with Gasteiger partial charge >= 0.3 is 0 Å². The Bertz CT molecular complexity index is 1110. The van der Waals surface area contributed by atoms with Crippen LogP contribution in [-0.2, 0) is 0 Å². The standard InChI is InChI=1S/C22H26FN7S2.C2H6/c23-12-22(5-6-22)29-32-15-9-16(14-1-7-27-8-2-14)19-28-10-17(30(19)11-15)18(25)31-20(26)21(13-24)3-4-21;1-2/h9-11,14,25-27,29H,1-8,12H2;1-2H3. The zero-order valence-electron chi connectivity index (χ0n) is 19.7. The Morgan fingerprint density at radius 3 is 2.59 bits per heavy atom. The molecule has 3 heterocycles. The maximum atomic E-state index is 13.4. The van der Waals surface area contributed by atoms with Crippen molar-refractivity contribution in [1.29, 1.82) is 16.1 Å². The summed E-state index contributed by atoms with van der Waals surface area (Å²) >= 11 is 2.49. The first-order chi connectivity index (χ1) is 16.5. The van der Waals surface area contributed by atoms with Gasteiger partial charge in [-0.2, -0.15) is 5.26 Å². The molecule has 2 aromatic rings. The van der Waals surface area contributed by atoms with E-state index in [2.05, 4.69) is 27.2 Å². The molecule has 5 rings (SSSR count). The molecule has 1 saturated heterocycles. The number of rotatable bonds is 7. The van der Waals surface area contributed by atoms with Crippen LogP contribution in [0.5, 0.6) is 0 Å². The van der Waals surface area contributed by atoms with E-state index in [4.69, 9.17) is 10.8 Å². The second-order valence-corrected chi connectivity index (χ2v) is 11.0. The SMILES string of the molecule is CC.N#CC1(C(=N)SC(=N)c2cnc3c(C4CCNCC4)cc(SNC4(CF)CC4)cn23)CC1. The molecule has 10 heteroatoms. The van der Waals surface area contributed by atoms with Crippen molar-refractivity contribution in [1.82, 2.24) is 19.4 Å². The number of nitrogens with zero attached hydrogens (tertiary/aromatic N) is 3. The lowest BCUT2D eigenvalue weighted by Gasteiger charge is -2.24. The van der Waals surface area contributed by atoms with E-state index >= 15 is 0 Å². The van der Waals surface area contributed by atoms with Gasteiger partial charge in [0.05, 0.1) is 28.5 Å². The fourth-order valence-corrected chi connectivity index (χ4v) is 5.93. The number of pyridine rings is 1. The first-order valence-corrected chi connectivity index (χ1v) is 13.6. The number of hydrogen-bond donors (Lipinski definition) is 4. The molecule has 182 valence electrons. The summed E-state index contributed by atoms with van der Waals surface area (Å²) in [7, 11) is 0. The lowest BCUT2D eigenvalue weighted by Crippen LogP contribution is -2.28. The monoisotopic (exact) mass is 501 g/mol. The molecule has 34 heavy (non-hydrogen) atoms. The van der Waals surface area contributed by atoms with Crippen molar-refractivity contribution in [2.45, 2.75) is 68.7 Å². The highest BCUT2D eigenvalue weighted by molar-refractivity contribution is 8.26. The molecule has 3 aliphatic rings. The summed E-state index contributed by atoms with van der Waals surface area (Å²) in [5.41, 5.74) is 1.50. The molecule has 2 saturated carbocycles. The highest BCUT2D eigenvalue weighted by Crippen LogP contribution is 2.49. The zero-order chi connectivity index (χ0) is 24.3. The van der Waals surface area contributed by atoms with E-state index in [9.17, 15) is 9.65 Å². The van der Waals surface area contributed by atoms with Crippen molar-refractivity contribution in [3.63, 3.8) is 0 Å². The minimum atomic E-state index is -0.701. The Kier molecular flexibility index (Phi) is 7.67. The average Bonchev–Trinajstić information content (AvgIpc) is 3.80. The van der Waals surface area contributed by atoms with Crippen LogP contribution in [0.25, 0.3) is 5.65 Å². The largest absolute Gasteiger partial charge is 0.317 e. The normalized spacial score (nSPS) is 20.2. The van der Waals surface area contributed by atoms with Crippen LogP contribution in [0, 0.1) is 27.6 Å². The van der Waals surface area contributed by atoms with Crippen molar-refractivity contribution >= 4 is 39.4 Å². The van der Waals surface area contributed by atoms with E-state index in [0.717, 1.165) is 66.6 Å². The van der Waals surface area contributed by atoms with E-state index in [1.807, 2.05) is 24.4 Å². The van der Waals surface area contributed by atoms with E-state index in [-0.39, 0.29) is 16.8 Å². The number of halogens is 1. The molecule has 2 aliphatic carbocycles. The third-order valence-corrected chi connectivity index (χ3v) is 8.72. The number of nitrogens with one attached hydrogen (secondary N) is 4. The summed E-state index contributed by atoms with van der Waals surface area (Å²) in [6.07, 6.45) is 8.77. The minimum absolute atomic E-state index is 0.220. The van der Waals surface area contributed by atoms with Crippen LogP contribution in [0.1, 0.15) is 69.5 Å². The van der Waals surface area contributed by atoms with Crippen molar-refractivity contribution in [3.8, 4) is 6.07 Å². The molecule has 0 amide bonds. The van der Waals surface area contributed by atoms with Gasteiger partial charge in [-0.15, -0.1) is 0 Å². The zero-order valence-corrected chi connectivity index (χ0v) is 21.3. The molecule has 7 nitrogen and oxygen atoms in total. The van der Waals surface area contributed by atoms with Crippen LogP contribution in [0.2, 0.25) is 0 Å². The predicted molar refractivity (Wildman–Crippen MR) is 138 cm³/mol. The summed E-state index contributed by atoms with van der Waals surface area (Å²) < 4.78 is 18.6. The number of nitriles is 1. The number of hydrogen-bond acceptors (Lipinski definition) is 8. The second-order valence-electron chi connectivity index (χ2n) is 9.06. The molecule has 4 N–H and O–H groups in total. The maximum Gasteiger partial charge on any atom is 0.140 e. The molecule has 1 aliphatic heterocycles. The van der Waals surface area contributed by atoms with Gasteiger partial charge in [-0.1, -0.05) is 25.6 Å². The molecular weight excluding hydrogens is 469 g/mol. The summed E-state index contributed by atoms with van der Waals surface area (Å²) in [4.78, 5) is 5.63. The first-order valence-electron chi connectivity index (χ1n) is 12.0. The number of fused-ring (bicyclic) bond motifs is 1. The number of aromatic nitrogens is 2. The molecule has 0 bridgehead atoms. The Labute approximate surface area is 208 Å². The van der Waals surface area contributed by atoms with Gasteiger partial charge in [0.2, 0.25) is 0 Å². The first kappa shape index (κ1) is 25.2. The third kappa shape index (κ3) is 5.03. The number of alkyl halides is 1. The molecule has 0 unspecified atom stereocenters. The topological polar surface area (TPSA) is 113 Å². The number of imidazole rings is 1. The number of thioether (sulfide) groups is 1. The van der Waals surface area contributed by atoms with Crippen LogP contribution in [0.4, 0.5) is 4.39 Å². The van der Waals surface area contributed by atoms with E-state index in [1.54, 1.807) is 6.20 Å². The molecule has 3 fully saturated rings. The predicted octanol–water partition coefficient (Wildman–Crippen LogP) is 5.27. The summed E-state index contributed by atoms with van der Waals surface area (Å²) in [6.45, 7) is 5.55. The van der Waals surface area contributed by atoms with Gasteiger partial charge in [0.15, 0.2) is 0 Å². The van der Waals surface area contributed by atoms with Gasteiger partial charge in [0.25, 0.3) is 0 Å². The van der Waals surface area contributed by atoms with Crippen LogP contribution >= 0.6 is 23.7 Å². The molecule has 0 radical (unpaired) electrons. The van der Waals surface area contributed by atoms with Gasteiger partial charge in [-0.25, -0.2) is 9.37 Å². The Hall–Kier alpha value is -1.93. The fourth-order valence-electron chi connectivity index (χ4n) is 4.09. The van der Waals surface area contributed by atoms with Gasteiger partial charge in [-0.3, -0.25) is 19.9 Å². The highest BCUT2D eigenvalue weighted by atomic mass is 32.2. The average molecular weight is 502 g/mol. The van der Waals surface area contributed by atoms with Crippen LogP contribution in [0.15, 0.2) is 23.4 Å². The van der Waals surface area contributed by atoms with Crippen LogP contribution in [0.3, 0.4) is 0 Å². The fraction of sp³-hybridized carbons (Fsp3) is 0.583. The van der Waals surface area contributed by atoms with Gasteiger partial charge in [0, 0.05) is 11.1 Å². The molecule has 0 atom stereocenters. The Balaban J connectivity index is 0.00000133. The quantitative estimate of drug-likeness (QED) is 0.234. The highest BCUT2D eigenvalue weighted by Gasteiger charge is 2.48. The Morgan fingerprint density at radius 1 is 1.29 bits per heavy atom. The van der Waals surface area contributed by atoms with Gasteiger partial charge < -0.3 is 5.32 Å². The smallest absolute Gasteiger partial charge is 0.140 e. The third-order valence-electron chi connectivity index (χ3n) is 6.72. The van der Waals surface area contributed by atoms with Crippen molar-refractivity contribution in [2.24, 2.45) is 5.41 Å². The number of piperidine rings is 1. The summed E-state index contributed by atoms with van der Waals surface area (Å²) in [5.74, 6) is 0.374. The van der Waals surface area contributed by atoms with E-state index in [0.29, 0.717) is 24.5 Å². The molecule has 0 aromatic carbocycles. The molecule has 0 spiro atoms. The van der Waals surface area contributed by atoms with E-state index < -0.39 is 11.0 Å². The van der Waals surface area contributed by atoms with Crippen LogP contribution in [-0.4, -0.2) is 44.8 Å².